The number of aliphatic hydroxyl groups is 1. The molecule has 29 nitrogen and oxygen atoms in total. The van der Waals surface area contributed by atoms with E-state index in [9.17, 15) is 19.2 Å². The summed E-state index contributed by atoms with van der Waals surface area (Å²) in [5.74, 6) is 2.31. The minimum absolute atomic E-state index is 0. The molecule has 110 heavy (non-hydrogen) atoms. The molecule has 0 aromatic heterocycles. The number of carbonyl (C=O) groups excluding carboxylic acids is 14. The number of nitrogens with one attached hydrogen (secondary N) is 1. The van der Waals surface area contributed by atoms with E-state index in [1.54, 1.807) is 39.8 Å². The van der Waals surface area contributed by atoms with Gasteiger partial charge in [0.2, 0.25) is 23.6 Å². The summed E-state index contributed by atoms with van der Waals surface area (Å²) >= 11 is 0. The van der Waals surface area contributed by atoms with Gasteiger partial charge in [0, 0.05) is 53.1 Å². The minimum atomic E-state index is -0.861. The van der Waals surface area contributed by atoms with Gasteiger partial charge in [-0.15, -0.1) is 0 Å². The number of likely N-dealkylation sites (tertiary alicyclic amines) is 1. The van der Waals surface area contributed by atoms with Crippen LogP contribution in [0.1, 0.15) is 173 Å². The first-order valence-electron chi connectivity index (χ1n) is 34.0. The summed E-state index contributed by atoms with van der Waals surface area (Å²) in [6.45, 7) is 58.4. The van der Waals surface area contributed by atoms with Crippen molar-refractivity contribution in [1.29, 1.82) is 0 Å². The molecule has 654 valence electrons. The smallest absolute Gasteiger partial charge is 0.246 e. The van der Waals surface area contributed by atoms with E-state index in [0.717, 1.165) is 66.9 Å². The number of aliphatic hydroxyl groups excluding tert-OH is 1. The van der Waals surface area contributed by atoms with Crippen molar-refractivity contribution in [1.82, 2.24) is 50.8 Å². The zero-order valence-corrected chi connectivity index (χ0v) is 73.7. The molecule has 0 radical (unpaired) electrons. The number of piperidine rings is 1. The quantitative estimate of drug-likeness (QED) is 0.0591. The van der Waals surface area contributed by atoms with Crippen LogP contribution in [0, 0.1) is 23.7 Å². The first-order valence-corrected chi connectivity index (χ1v) is 34.0. The number of hydrogen-bond acceptors (Lipinski definition) is 25. The summed E-state index contributed by atoms with van der Waals surface area (Å²) in [5, 5.41) is 10.9. The lowest BCUT2D eigenvalue weighted by Gasteiger charge is -2.35. The summed E-state index contributed by atoms with van der Waals surface area (Å²) in [7, 11) is 10.7. The lowest BCUT2D eigenvalue weighted by atomic mass is 10.00. The van der Waals surface area contributed by atoms with Crippen molar-refractivity contribution in [3.63, 3.8) is 0 Å². The molecule has 5 rings (SSSR count). The van der Waals surface area contributed by atoms with Crippen molar-refractivity contribution in [3.8, 4) is 0 Å². The highest BCUT2D eigenvalue weighted by molar-refractivity contribution is 5.94. The Labute approximate surface area is 670 Å². The van der Waals surface area contributed by atoms with Crippen LogP contribution in [-0.4, -0.2) is 198 Å². The van der Waals surface area contributed by atoms with Crippen LogP contribution < -0.4 is 64.7 Å². The highest BCUT2D eigenvalue weighted by atomic mass is 16.3. The molecule has 1 heterocycles. The Bertz CT molecular complexity index is 2090. The molecule has 29 heteroatoms. The van der Waals surface area contributed by atoms with Gasteiger partial charge >= 0.3 is 0 Å². The summed E-state index contributed by atoms with van der Waals surface area (Å²) in [6, 6.07) is 37.5. The molecule has 1 aliphatic heterocycles. The van der Waals surface area contributed by atoms with Crippen LogP contribution in [0.2, 0.25) is 0 Å². The molecule has 1 fully saturated rings. The van der Waals surface area contributed by atoms with E-state index in [0.29, 0.717) is 19.5 Å². The van der Waals surface area contributed by atoms with E-state index >= 15 is 0 Å². The molecule has 4 aromatic carbocycles. The molecule has 4 amide bonds. The van der Waals surface area contributed by atoms with E-state index < -0.39 is 24.0 Å². The third kappa shape index (κ3) is 145. The van der Waals surface area contributed by atoms with Crippen LogP contribution in [0.3, 0.4) is 0 Å². The van der Waals surface area contributed by atoms with Crippen molar-refractivity contribution in [2.45, 2.75) is 200 Å². The molecular formula is C81H170N14O15. The van der Waals surface area contributed by atoms with Crippen LogP contribution in [0.5, 0.6) is 0 Å². The molecule has 1 aliphatic rings. The summed E-state index contributed by atoms with van der Waals surface area (Å²) in [4.78, 5) is 137. The van der Waals surface area contributed by atoms with E-state index in [-0.39, 0.29) is 61.0 Å². The van der Waals surface area contributed by atoms with E-state index in [2.05, 4.69) is 179 Å². The highest BCUT2D eigenvalue weighted by Crippen LogP contribution is 2.17. The maximum absolute atomic E-state index is 13.9. The summed E-state index contributed by atoms with van der Waals surface area (Å²) in [6.07, 6.45) is 7.06. The SMILES string of the molecule is C=O.C=O.C=O.C=O.C=O.C=O.C=O.C=O.C=O.C=O.CC(=O)N(C)[C@@H](Cc1ccccc1)C(=O)N(C)[C@@H](Cc1ccccc1)C(=O)N[C@@H](C)C(=O)N1CCCCC1.CC(C)C.CC(C)C.CC(C)C.CC(C)O.CCC(C)C.CCc1ccccc1.CCc1ccccc1.CN.CN.CN.CN.CN.N.N.N.N.N. The average Bonchev–Trinajstić information content (AvgIpc) is 0.821. The fourth-order valence-corrected chi connectivity index (χ4v) is 6.27. The molecule has 27 N–H and O–H groups in total. The predicted octanol–water partition coefficient (Wildman–Crippen LogP) is 11.4. The normalized spacial score (nSPS) is 9.11. The summed E-state index contributed by atoms with van der Waals surface area (Å²) in [5.41, 5.74) is 27.1. The first kappa shape index (κ1) is 166. The van der Waals surface area contributed by atoms with Crippen LogP contribution in [0.25, 0.3) is 0 Å². The van der Waals surface area contributed by atoms with Crippen LogP contribution in [0.4, 0.5) is 0 Å². The van der Waals surface area contributed by atoms with Crippen molar-refractivity contribution in [2.24, 2.45) is 52.3 Å². The summed E-state index contributed by atoms with van der Waals surface area (Å²) < 4.78 is 0. The number of amides is 4. The Balaban J connectivity index is -0.0000000415. The Morgan fingerprint density at radius 1 is 0.391 bits per heavy atom. The zero-order valence-electron chi connectivity index (χ0n) is 73.7. The number of benzene rings is 4. The maximum Gasteiger partial charge on any atom is 0.246 e. The van der Waals surface area contributed by atoms with Crippen molar-refractivity contribution >= 4 is 91.5 Å². The molecule has 0 aliphatic carbocycles. The first-order chi connectivity index (χ1) is 50.2. The van der Waals surface area contributed by atoms with Gasteiger partial charge in [0.1, 0.15) is 86.0 Å². The molecule has 0 spiro atoms. The van der Waals surface area contributed by atoms with Gasteiger partial charge in [-0.25, -0.2) is 0 Å². The molecule has 0 unspecified atom stereocenters. The third-order valence-corrected chi connectivity index (χ3v) is 10.6. The van der Waals surface area contributed by atoms with Gasteiger partial charge in [-0.1, -0.05) is 225 Å². The zero-order chi connectivity index (χ0) is 87.9. The lowest BCUT2D eigenvalue weighted by Crippen LogP contribution is -2.58. The topological polar surface area (TPSA) is 586 Å². The van der Waals surface area contributed by atoms with Gasteiger partial charge in [0.05, 0.1) is 0 Å². The molecule has 3 atom stereocenters. The number of aryl methyl sites for hydroxylation is 2. The van der Waals surface area contributed by atoms with E-state index in [1.807, 2.05) is 141 Å². The number of nitrogens with zero attached hydrogens (tertiary/aromatic N) is 3. The molecule has 0 bridgehead atoms. The molecule has 0 saturated carbocycles. The molecule has 4 aromatic rings. The maximum atomic E-state index is 13.9. The molecule has 1 saturated heterocycles. The monoisotopic (exact) mass is 1580 g/mol. The van der Waals surface area contributed by atoms with Gasteiger partial charge in [-0.3, -0.25) is 19.2 Å². The van der Waals surface area contributed by atoms with Crippen LogP contribution >= 0.6 is 0 Å². The van der Waals surface area contributed by atoms with Gasteiger partial charge in [0.25, 0.3) is 0 Å². The minimum Gasteiger partial charge on any atom is -0.394 e. The lowest BCUT2D eigenvalue weighted by molar-refractivity contribution is -0.147. The number of carbonyl (C=O) groups is 14. The van der Waals surface area contributed by atoms with E-state index in [1.165, 1.54) is 69.5 Å². The highest BCUT2D eigenvalue weighted by Gasteiger charge is 2.36. The van der Waals surface area contributed by atoms with Crippen molar-refractivity contribution < 1.29 is 72.2 Å². The van der Waals surface area contributed by atoms with Gasteiger partial charge in [-0.05, 0) is 134 Å². The van der Waals surface area contributed by atoms with Crippen molar-refractivity contribution in [2.75, 3.05) is 62.4 Å². The van der Waals surface area contributed by atoms with Crippen LogP contribution in [-0.2, 0) is 92.8 Å². The Hall–Kier alpha value is -8.98. The third-order valence-electron chi connectivity index (χ3n) is 10.6. The van der Waals surface area contributed by atoms with Gasteiger partial charge < -0.3 is 132 Å². The van der Waals surface area contributed by atoms with Gasteiger partial charge in [-0.2, -0.15) is 0 Å². The largest absolute Gasteiger partial charge is 0.394 e. The van der Waals surface area contributed by atoms with Gasteiger partial charge in [0.15, 0.2) is 0 Å². The molecular weight excluding hydrogens is 1410 g/mol. The Kier molecular flexibility index (Phi) is 237. The fourth-order valence-electron chi connectivity index (χ4n) is 6.27. The number of likely N-dealkylation sites (N-methyl/N-ethyl adjacent to an activating group) is 2. The standard InChI is InChI=1S/C30H40N4O4.2C8H10.C5H12.3C4H10.C3H8O.5CH5N.10CH2O.5H3N/c1-22(29(37)34-18-12-7-13-19-34)31-28(36)26(20-24-14-8-5-9-15-24)33(4)30(38)27(32(3)23(2)35)21-25-16-10-6-11-17-25;2*1-2-8-6-4-3-5-7-8;1-4-5(2)3;3*1-4(2)3;1-3(2)4;15*1-2;;;;;/h5-6,8-11,14-17,22,26-27H,7,12-13,18-21H2,1-4H3,(H,31,36);2*3-7H,2H2,1H3;5H,4H2,1-3H3;3*4H,1-3H3;3-4H,1-2H3;5*2H2,1H3;10*1H2;5*1H3/t22-,26-,27-;;;;;;;;;;;;;;;;;;;;;;;;;;;/m0.........................../s1. The Morgan fingerprint density at radius 3 is 0.773 bits per heavy atom. The fraction of sp³-hybridized carbons (Fsp3) is 0.531. The second-order valence-electron chi connectivity index (χ2n) is 21.9. The van der Waals surface area contributed by atoms with Crippen molar-refractivity contribution in [3.05, 3.63) is 144 Å². The Morgan fingerprint density at radius 2 is 0.591 bits per heavy atom. The number of hydrogen-bond donors (Lipinski definition) is 12. The average molecular weight is 1580 g/mol. The predicted molar refractivity (Wildman–Crippen MR) is 470 cm³/mol. The number of rotatable bonds is 13. The van der Waals surface area contributed by atoms with Crippen LogP contribution in [0.15, 0.2) is 121 Å². The van der Waals surface area contributed by atoms with E-state index in [4.69, 9.17) is 53.1 Å². The second kappa shape index (κ2) is 157. The second-order valence-corrected chi connectivity index (χ2v) is 21.9. The number of nitrogens with two attached hydrogens (primary N) is 5.